The van der Waals surface area contributed by atoms with Crippen LogP contribution in [0.1, 0.15) is 5.56 Å². The number of benzene rings is 1. The van der Waals surface area contributed by atoms with Crippen LogP contribution in [0.4, 0.5) is 5.69 Å². The zero-order chi connectivity index (χ0) is 15.4. The minimum absolute atomic E-state index is 0.0238. The molecule has 0 saturated heterocycles. The summed E-state index contributed by atoms with van der Waals surface area (Å²) in [7, 11) is 1.44. The molecule has 1 aromatic heterocycles. The molecule has 0 amide bonds. The highest BCUT2D eigenvalue weighted by Crippen LogP contribution is 2.33. The summed E-state index contributed by atoms with van der Waals surface area (Å²) in [6.07, 6.45) is 0. The van der Waals surface area contributed by atoms with Crippen molar-refractivity contribution in [2.75, 3.05) is 7.11 Å². The Morgan fingerprint density at radius 2 is 2.10 bits per heavy atom. The number of aromatic nitrogens is 1. The van der Waals surface area contributed by atoms with Crippen molar-refractivity contribution in [3.8, 4) is 17.4 Å². The van der Waals surface area contributed by atoms with Gasteiger partial charge in [-0.25, -0.2) is 4.98 Å². The first kappa shape index (κ1) is 15.0. The molecule has 2 rings (SSSR count). The number of halogens is 1. The monoisotopic (exact) mass is 310 g/mol. The molecule has 7 nitrogen and oxygen atoms in total. The number of rotatable bonds is 5. The number of aliphatic hydroxyl groups is 1. The highest BCUT2D eigenvalue weighted by molar-refractivity contribution is 6.29. The number of nitro groups is 1. The molecule has 0 aliphatic carbocycles. The molecule has 110 valence electrons. The Balaban J connectivity index is 2.35. The van der Waals surface area contributed by atoms with Crippen LogP contribution in [0.15, 0.2) is 30.3 Å². The van der Waals surface area contributed by atoms with Gasteiger partial charge in [-0.3, -0.25) is 10.1 Å². The van der Waals surface area contributed by atoms with E-state index in [1.165, 1.54) is 7.11 Å². The summed E-state index contributed by atoms with van der Waals surface area (Å²) in [5.41, 5.74) is 0.417. The van der Waals surface area contributed by atoms with Gasteiger partial charge < -0.3 is 14.6 Å². The van der Waals surface area contributed by atoms with Gasteiger partial charge in [-0.1, -0.05) is 17.7 Å². The first-order valence-corrected chi connectivity index (χ1v) is 6.19. The molecule has 0 unspecified atom stereocenters. The molecule has 0 spiro atoms. The third-order valence-corrected chi connectivity index (χ3v) is 2.78. The zero-order valence-electron chi connectivity index (χ0n) is 10.9. The fourth-order valence-corrected chi connectivity index (χ4v) is 1.82. The summed E-state index contributed by atoms with van der Waals surface area (Å²) < 4.78 is 10.6. The standard InChI is InChI=1S/C13H11ClN2O5/c1-20-11-4-8(7-17)2-3-10(11)21-13-6-9(16(18)19)5-12(14)15-13/h2-6,17H,7H2,1H3. The lowest BCUT2D eigenvalue weighted by Gasteiger charge is -2.10. The Morgan fingerprint density at radius 1 is 1.33 bits per heavy atom. The molecule has 1 aromatic carbocycles. The van der Waals surface area contributed by atoms with Gasteiger partial charge in [0, 0.05) is 0 Å². The van der Waals surface area contributed by atoms with Crippen LogP contribution in [0.5, 0.6) is 17.4 Å². The lowest BCUT2D eigenvalue weighted by molar-refractivity contribution is -0.385. The third kappa shape index (κ3) is 3.59. The molecule has 0 radical (unpaired) electrons. The van der Waals surface area contributed by atoms with Gasteiger partial charge in [0.1, 0.15) is 5.15 Å². The summed E-state index contributed by atoms with van der Waals surface area (Å²) >= 11 is 5.72. The first-order chi connectivity index (χ1) is 10.0. The van der Waals surface area contributed by atoms with E-state index in [4.69, 9.17) is 26.2 Å². The van der Waals surface area contributed by atoms with Gasteiger partial charge in [0.25, 0.3) is 5.69 Å². The average Bonchev–Trinajstić information content (AvgIpc) is 2.47. The fraction of sp³-hybridized carbons (Fsp3) is 0.154. The molecule has 1 N–H and O–H groups in total. The Kier molecular flexibility index (Phi) is 4.56. The molecule has 1 heterocycles. The van der Waals surface area contributed by atoms with Gasteiger partial charge in [0.15, 0.2) is 11.5 Å². The van der Waals surface area contributed by atoms with Crippen molar-refractivity contribution in [1.82, 2.24) is 4.98 Å². The van der Waals surface area contributed by atoms with Gasteiger partial charge in [-0.15, -0.1) is 0 Å². The van der Waals surface area contributed by atoms with Crippen LogP contribution in [-0.2, 0) is 6.61 Å². The molecule has 21 heavy (non-hydrogen) atoms. The van der Waals surface area contributed by atoms with Gasteiger partial charge in [-0.05, 0) is 17.7 Å². The second-order valence-electron chi connectivity index (χ2n) is 3.99. The van der Waals surface area contributed by atoms with Crippen molar-refractivity contribution in [2.45, 2.75) is 6.61 Å². The second-order valence-corrected chi connectivity index (χ2v) is 4.38. The molecule has 0 bridgehead atoms. The predicted molar refractivity (Wildman–Crippen MR) is 74.9 cm³/mol. The van der Waals surface area contributed by atoms with E-state index in [2.05, 4.69) is 4.98 Å². The quantitative estimate of drug-likeness (QED) is 0.518. The highest BCUT2D eigenvalue weighted by Gasteiger charge is 2.14. The van der Waals surface area contributed by atoms with E-state index < -0.39 is 4.92 Å². The number of methoxy groups -OCH3 is 1. The normalized spacial score (nSPS) is 10.2. The van der Waals surface area contributed by atoms with E-state index in [0.29, 0.717) is 17.1 Å². The van der Waals surface area contributed by atoms with E-state index in [1.54, 1.807) is 18.2 Å². The lowest BCUT2D eigenvalue weighted by Crippen LogP contribution is -1.96. The number of hydrogen-bond acceptors (Lipinski definition) is 6. The number of hydrogen-bond donors (Lipinski definition) is 1. The van der Waals surface area contributed by atoms with Crippen molar-refractivity contribution in [3.63, 3.8) is 0 Å². The number of nitrogens with zero attached hydrogens (tertiary/aromatic N) is 2. The van der Waals surface area contributed by atoms with Crippen LogP contribution >= 0.6 is 11.6 Å². The lowest BCUT2D eigenvalue weighted by atomic mass is 10.2. The SMILES string of the molecule is COc1cc(CO)ccc1Oc1cc([N+](=O)[O-])cc(Cl)n1. The third-order valence-electron chi connectivity index (χ3n) is 2.59. The molecular weight excluding hydrogens is 300 g/mol. The Morgan fingerprint density at radius 3 is 2.71 bits per heavy atom. The molecule has 0 atom stereocenters. The first-order valence-electron chi connectivity index (χ1n) is 5.81. The van der Waals surface area contributed by atoms with Crippen molar-refractivity contribution in [1.29, 1.82) is 0 Å². The Bertz CT molecular complexity index is 678. The number of ether oxygens (including phenoxy) is 2. The van der Waals surface area contributed by atoms with Crippen molar-refractivity contribution in [3.05, 3.63) is 51.2 Å². The molecular formula is C13H11ClN2O5. The maximum Gasteiger partial charge on any atom is 0.277 e. The van der Waals surface area contributed by atoms with Crippen LogP contribution < -0.4 is 9.47 Å². The molecule has 0 saturated carbocycles. The minimum Gasteiger partial charge on any atom is -0.493 e. The van der Waals surface area contributed by atoms with E-state index in [0.717, 1.165) is 12.1 Å². The topological polar surface area (TPSA) is 94.7 Å². The maximum atomic E-state index is 10.8. The largest absolute Gasteiger partial charge is 0.493 e. The Hall–Kier alpha value is -2.38. The number of aliphatic hydroxyl groups excluding tert-OH is 1. The van der Waals surface area contributed by atoms with Crippen LogP contribution in [-0.4, -0.2) is 22.1 Å². The van der Waals surface area contributed by atoms with Crippen LogP contribution in [0, 0.1) is 10.1 Å². The Labute approximate surface area is 124 Å². The van der Waals surface area contributed by atoms with Crippen LogP contribution in [0.25, 0.3) is 0 Å². The second kappa shape index (κ2) is 6.38. The molecule has 2 aromatic rings. The predicted octanol–water partition coefficient (Wildman–Crippen LogP) is 2.94. The highest BCUT2D eigenvalue weighted by atomic mass is 35.5. The van der Waals surface area contributed by atoms with Gasteiger partial charge in [0.05, 0.1) is 30.8 Å². The fourth-order valence-electron chi connectivity index (χ4n) is 1.63. The van der Waals surface area contributed by atoms with E-state index in [9.17, 15) is 10.1 Å². The summed E-state index contributed by atoms with van der Waals surface area (Å²) in [6.45, 7) is -0.141. The molecule has 0 aliphatic rings. The summed E-state index contributed by atoms with van der Waals surface area (Å²) in [6, 6.07) is 7.08. The van der Waals surface area contributed by atoms with Crippen LogP contribution in [0.2, 0.25) is 5.15 Å². The zero-order valence-corrected chi connectivity index (χ0v) is 11.7. The minimum atomic E-state index is -0.591. The van der Waals surface area contributed by atoms with E-state index >= 15 is 0 Å². The molecule has 0 fully saturated rings. The summed E-state index contributed by atoms with van der Waals surface area (Å²) in [5.74, 6) is 0.647. The summed E-state index contributed by atoms with van der Waals surface area (Å²) in [5, 5.41) is 19.8. The van der Waals surface area contributed by atoms with Crippen molar-refractivity contribution in [2.24, 2.45) is 0 Å². The van der Waals surface area contributed by atoms with Crippen molar-refractivity contribution >= 4 is 17.3 Å². The number of pyridine rings is 1. The summed E-state index contributed by atoms with van der Waals surface area (Å²) in [4.78, 5) is 14.0. The van der Waals surface area contributed by atoms with Gasteiger partial charge >= 0.3 is 0 Å². The smallest absolute Gasteiger partial charge is 0.277 e. The molecule has 0 aliphatic heterocycles. The van der Waals surface area contributed by atoms with Gasteiger partial charge in [0.2, 0.25) is 5.88 Å². The van der Waals surface area contributed by atoms with Crippen molar-refractivity contribution < 1.29 is 19.5 Å². The van der Waals surface area contributed by atoms with E-state index in [1.807, 2.05) is 0 Å². The van der Waals surface area contributed by atoms with Crippen LogP contribution in [0.3, 0.4) is 0 Å². The molecule has 8 heteroatoms. The average molecular weight is 311 g/mol. The maximum absolute atomic E-state index is 10.8. The van der Waals surface area contributed by atoms with Gasteiger partial charge in [-0.2, -0.15) is 0 Å². The van der Waals surface area contributed by atoms with E-state index in [-0.39, 0.29) is 23.3 Å².